The van der Waals surface area contributed by atoms with E-state index >= 15 is 0 Å². The zero-order chi connectivity index (χ0) is 43.3. The number of amides is 3. The SMILES string of the molecule is Cc1ccc(N(CCCN2CCC(Cc3ccc(C(N)=O)cc3)CC2)C(=O)C2CCN(C(=O)CBNC3CC[C@]4(O)C5Cc6ccc(O)c7c6[C@]4(CCN5C)[C@@H]3O7)CC2)cc1Cl. The van der Waals surface area contributed by atoms with Crippen LogP contribution in [0.3, 0.4) is 0 Å². The van der Waals surface area contributed by atoms with Crippen LogP contribution in [0.5, 0.6) is 11.5 Å². The van der Waals surface area contributed by atoms with Crippen LogP contribution in [0.25, 0.3) is 0 Å². The number of aromatic hydroxyl groups is 1. The van der Waals surface area contributed by atoms with Gasteiger partial charge in [0.1, 0.15) is 6.10 Å². The Morgan fingerprint density at radius 2 is 1.74 bits per heavy atom. The average Bonchev–Trinajstić information content (AvgIpc) is 3.63. The summed E-state index contributed by atoms with van der Waals surface area (Å²) in [4.78, 5) is 48.0. The molecule has 2 aliphatic carbocycles. The Balaban J connectivity index is 0.763. The molecule has 0 aromatic heterocycles. The molecule has 1 spiro atoms. The van der Waals surface area contributed by atoms with E-state index in [-0.39, 0.29) is 41.7 Å². The maximum absolute atomic E-state index is 14.3. The molecule has 0 radical (unpaired) electrons. The highest BCUT2D eigenvalue weighted by Gasteiger charge is 2.72. The molecule has 330 valence electrons. The fourth-order valence-electron chi connectivity index (χ4n) is 12.2. The van der Waals surface area contributed by atoms with Crippen LogP contribution in [0.15, 0.2) is 54.6 Å². The van der Waals surface area contributed by atoms with Crippen molar-refractivity contribution in [3.8, 4) is 11.5 Å². The summed E-state index contributed by atoms with van der Waals surface area (Å²) in [7, 11) is 2.59. The minimum atomic E-state index is -0.947. The van der Waals surface area contributed by atoms with E-state index < -0.39 is 16.9 Å². The highest BCUT2D eigenvalue weighted by Crippen LogP contribution is 2.65. The van der Waals surface area contributed by atoms with Crippen molar-refractivity contribution in [2.75, 3.05) is 57.8 Å². The number of hydrogen-bond donors (Lipinski definition) is 4. The lowest BCUT2D eigenvalue weighted by atomic mass is 9.48. The van der Waals surface area contributed by atoms with Crippen molar-refractivity contribution in [2.24, 2.45) is 17.6 Å². The zero-order valence-corrected chi connectivity index (χ0v) is 37.0. The van der Waals surface area contributed by atoms with Crippen LogP contribution in [-0.4, -0.2) is 127 Å². The van der Waals surface area contributed by atoms with Crippen LogP contribution in [0.2, 0.25) is 11.3 Å². The van der Waals surface area contributed by atoms with Crippen LogP contribution in [0.4, 0.5) is 5.69 Å². The van der Waals surface area contributed by atoms with E-state index in [1.807, 2.05) is 65.3 Å². The number of carbonyl (C=O) groups excluding carboxylic acids is 3. The predicted molar refractivity (Wildman–Crippen MR) is 242 cm³/mol. The molecule has 3 amide bonds. The largest absolute Gasteiger partial charge is 0.504 e. The lowest BCUT2D eigenvalue weighted by molar-refractivity contribution is -0.185. The molecule has 62 heavy (non-hydrogen) atoms. The number of rotatable bonds is 13. The molecule has 6 aliphatic rings. The molecule has 9 rings (SSSR count). The number of anilines is 1. The number of nitrogens with zero attached hydrogens (tertiary/aromatic N) is 4. The van der Waals surface area contributed by atoms with E-state index in [2.05, 4.69) is 22.1 Å². The number of halogens is 1. The minimum Gasteiger partial charge on any atom is -0.504 e. The van der Waals surface area contributed by atoms with Crippen LogP contribution < -0.4 is 20.6 Å². The molecule has 4 heterocycles. The molecule has 12 nitrogen and oxygen atoms in total. The molecule has 3 aromatic carbocycles. The standard InChI is InChI=1S/C48H62BClN6O6/c1-30-4-10-36(28-37(30)50)56(20-3-19-54-21-13-32(14-22-54)26-31-5-7-33(8-6-31)45(51)59)46(60)34-15-23-55(24-16-34)41(58)29-49-52-38-12-17-48(61)40-27-35-9-11-39(57)43-42(35)47(48,44(38)62-43)18-25-53(40)2/h4-11,28,32,34,38,40,44,49,52,57,61H,3,12-27,29H2,1-2H3,(H2,51,59)/t38?,40?,44-,47-,48+/m1/s1. The van der Waals surface area contributed by atoms with Gasteiger partial charge in [-0.2, -0.15) is 0 Å². The number of likely N-dealkylation sites (N-methyl/N-ethyl adjacent to an activating group) is 1. The highest BCUT2D eigenvalue weighted by molar-refractivity contribution is 6.38. The molecule has 3 aromatic rings. The van der Waals surface area contributed by atoms with Gasteiger partial charge in [0.15, 0.2) is 11.5 Å². The summed E-state index contributed by atoms with van der Waals surface area (Å²) in [5, 5.41) is 27.7. The number of nitrogens with two attached hydrogens (primary N) is 1. The van der Waals surface area contributed by atoms with E-state index in [1.54, 1.807) is 6.07 Å². The number of benzene rings is 3. The summed E-state index contributed by atoms with van der Waals surface area (Å²) >= 11 is 6.60. The molecule has 14 heteroatoms. The number of aliphatic hydroxyl groups is 1. The molecule has 2 bridgehead atoms. The maximum atomic E-state index is 14.3. The van der Waals surface area contributed by atoms with Gasteiger partial charge in [0.05, 0.1) is 11.0 Å². The molecular formula is C48H62BClN6O6. The lowest BCUT2D eigenvalue weighted by Gasteiger charge is -2.63. The van der Waals surface area contributed by atoms with Crippen LogP contribution >= 0.6 is 11.6 Å². The van der Waals surface area contributed by atoms with Gasteiger partial charge in [-0.15, -0.1) is 0 Å². The van der Waals surface area contributed by atoms with Crippen molar-refractivity contribution >= 4 is 42.4 Å². The molecule has 5 atom stereocenters. The Morgan fingerprint density at radius 1 is 0.984 bits per heavy atom. The zero-order valence-electron chi connectivity index (χ0n) is 36.3. The lowest BCUT2D eigenvalue weighted by Crippen LogP contribution is -2.77. The van der Waals surface area contributed by atoms with Gasteiger partial charge in [-0.25, -0.2) is 0 Å². The first-order valence-electron chi connectivity index (χ1n) is 23.0. The van der Waals surface area contributed by atoms with Gasteiger partial charge in [-0.3, -0.25) is 14.4 Å². The topological polar surface area (TPSA) is 152 Å². The van der Waals surface area contributed by atoms with E-state index in [1.165, 1.54) is 5.56 Å². The predicted octanol–water partition coefficient (Wildman–Crippen LogP) is 4.58. The number of primary amides is 1. The molecular weight excluding hydrogens is 803 g/mol. The van der Waals surface area contributed by atoms with Gasteiger partial charge >= 0.3 is 0 Å². The Hall–Kier alpha value is -4.14. The molecule has 4 fully saturated rings. The summed E-state index contributed by atoms with van der Waals surface area (Å²) in [6.45, 7) is 7.45. The Morgan fingerprint density at radius 3 is 2.47 bits per heavy atom. The summed E-state index contributed by atoms with van der Waals surface area (Å²) in [6, 6.07) is 17.2. The molecule has 5 N–H and O–H groups in total. The number of aryl methyl sites for hydroxylation is 1. The number of likely N-dealkylation sites (tertiary alicyclic amines) is 3. The fourth-order valence-corrected chi connectivity index (χ4v) is 12.4. The first-order valence-corrected chi connectivity index (χ1v) is 23.4. The number of phenols is 1. The van der Waals surface area contributed by atoms with Gasteiger partial charge in [0.25, 0.3) is 0 Å². The number of phenolic OH excluding ortho intramolecular Hbond substituents is 1. The molecule has 2 unspecified atom stereocenters. The minimum absolute atomic E-state index is 0.00711. The third kappa shape index (κ3) is 7.80. The number of ether oxygens (including phenoxy) is 1. The van der Waals surface area contributed by atoms with Crippen molar-refractivity contribution in [1.29, 1.82) is 0 Å². The van der Waals surface area contributed by atoms with Crippen molar-refractivity contribution in [2.45, 2.75) is 107 Å². The first kappa shape index (κ1) is 43.1. The second kappa shape index (κ2) is 17.4. The van der Waals surface area contributed by atoms with E-state index in [0.29, 0.717) is 74.9 Å². The third-order valence-corrected chi connectivity index (χ3v) is 16.1. The number of piperidine rings is 3. The van der Waals surface area contributed by atoms with Gasteiger partial charge in [0, 0.05) is 65.8 Å². The molecule has 3 saturated heterocycles. The van der Waals surface area contributed by atoms with Crippen molar-refractivity contribution in [3.63, 3.8) is 0 Å². The summed E-state index contributed by atoms with van der Waals surface area (Å²) in [6.07, 6.45) is 8.15. The van der Waals surface area contributed by atoms with Crippen LogP contribution in [-0.2, 0) is 27.8 Å². The quantitative estimate of drug-likeness (QED) is 0.181. The highest BCUT2D eigenvalue weighted by atomic mass is 35.5. The van der Waals surface area contributed by atoms with Crippen molar-refractivity contribution in [1.82, 2.24) is 19.9 Å². The van der Waals surface area contributed by atoms with E-state index in [0.717, 1.165) is 93.5 Å². The second-order valence-corrected chi connectivity index (χ2v) is 19.6. The second-order valence-electron chi connectivity index (χ2n) is 19.2. The van der Waals surface area contributed by atoms with Crippen LogP contribution in [0.1, 0.15) is 84.0 Å². The molecule has 4 aliphatic heterocycles. The monoisotopic (exact) mass is 864 g/mol. The van der Waals surface area contributed by atoms with E-state index in [4.69, 9.17) is 22.1 Å². The normalized spacial score (nSPS) is 27.4. The first-order chi connectivity index (χ1) is 29.9. The Labute approximate surface area is 371 Å². The number of nitrogens with one attached hydrogen (secondary N) is 1. The van der Waals surface area contributed by atoms with Gasteiger partial charge in [-0.1, -0.05) is 35.9 Å². The maximum Gasteiger partial charge on any atom is 0.248 e. The summed E-state index contributed by atoms with van der Waals surface area (Å²) in [5.41, 5.74) is 9.58. The van der Waals surface area contributed by atoms with Gasteiger partial charge in [-0.05, 0) is 157 Å². The van der Waals surface area contributed by atoms with Gasteiger partial charge in [0.2, 0.25) is 25.1 Å². The third-order valence-electron chi connectivity index (χ3n) is 15.7. The number of carbonyl (C=O) groups is 3. The van der Waals surface area contributed by atoms with E-state index in [9.17, 15) is 24.6 Å². The number of hydrogen-bond acceptors (Lipinski definition) is 9. The van der Waals surface area contributed by atoms with Crippen molar-refractivity contribution in [3.05, 3.63) is 87.4 Å². The Kier molecular flexibility index (Phi) is 12.1. The summed E-state index contributed by atoms with van der Waals surface area (Å²) < 4.78 is 6.64. The molecule has 1 saturated carbocycles. The summed E-state index contributed by atoms with van der Waals surface area (Å²) in [5.74, 6) is 0.851. The van der Waals surface area contributed by atoms with Crippen molar-refractivity contribution < 1.29 is 29.3 Å². The van der Waals surface area contributed by atoms with Crippen LogP contribution in [0, 0.1) is 18.8 Å². The Bertz CT molecular complexity index is 2180. The fraction of sp³-hybridized carbons (Fsp3) is 0.562. The average molecular weight is 865 g/mol. The van der Waals surface area contributed by atoms with Gasteiger partial charge < -0.3 is 45.5 Å². The smallest absolute Gasteiger partial charge is 0.248 e.